The summed E-state index contributed by atoms with van der Waals surface area (Å²) in [4.78, 5) is 45.2. The van der Waals surface area contributed by atoms with Crippen molar-refractivity contribution in [3.8, 4) is 6.07 Å². The van der Waals surface area contributed by atoms with Crippen molar-refractivity contribution < 1.29 is 19.2 Å². The van der Waals surface area contributed by atoms with Crippen LogP contribution in [-0.4, -0.2) is 27.8 Å². The third-order valence-electron chi connectivity index (χ3n) is 3.22. The Kier molecular flexibility index (Phi) is 3.35. The topological polar surface area (TPSA) is 100 Å². The lowest BCUT2D eigenvalue weighted by atomic mass is 10.1. The maximum atomic E-state index is 12.1. The van der Waals surface area contributed by atoms with Crippen molar-refractivity contribution in [2.45, 2.75) is 6.92 Å². The summed E-state index contributed by atoms with van der Waals surface area (Å²) in [6.45, 7) is 1.61. The maximum Gasteiger partial charge on any atom is 0.382 e. The number of hydrogen-bond acceptors (Lipinski definition) is 6. The molecule has 1 aromatic heterocycles. The van der Waals surface area contributed by atoms with E-state index < -0.39 is 17.8 Å². The van der Waals surface area contributed by atoms with E-state index in [0.717, 1.165) is 0 Å². The Bertz CT molecular complexity index is 863. The maximum absolute atomic E-state index is 12.1. The summed E-state index contributed by atoms with van der Waals surface area (Å²) in [5.74, 6) is -2.42. The fraction of sp³-hybridized carbons (Fsp3) is 0.0625. The zero-order valence-electron chi connectivity index (χ0n) is 11.9. The molecule has 3 rings (SSSR count). The highest BCUT2D eigenvalue weighted by atomic mass is 16.7. The van der Waals surface area contributed by atoms with Crippen molar-refractivity contribution in [2.75, 3.05) is 0 Å². The largest absolute Gasteiger partial charge is 0.382 e. The van der Waals surface area contributed by atoms with Crippen molar-refractivity contribution in [3.05, 3.63) is 64.5 Å². The summed E-state index contributed by atoms with van der Waals surface area (Å²) in [5.41, 5.74) is 0.851. The van der Waals surface area contributed by atoms with Crippen molar-refractivity contribution in [2.24, 2.45) is 0 Å². The first-order valence-electron chi connectivity index (χ1n) is 6.60. The number of nitriles is 1. The lowest BCUT2D eigenvalue weighted by Crippen LogP contribution is -2.33. The Morgan fingerprint density at radius 3 is 2.35 bits per heavy atom. The monoisotopic (exact) mass is 307 g/mol. The Morgan fingerprint density at radius 1 is 1.17 bits per heavy atom. The van der Waals surface area contributed by atoms with Crippen LogP contribution in [0, 0.1) is 18.3 Å². The molecular weight excluding hydrogens is 298 g/mol. The van der Waals surface area contributed by atoms with Crippen LogP contribution in [0.25, 0.3) is 0 Å². The molecule has 2 amide bonds. The number of amides is 2. The van der Waals surface area contributed by atoms with Crippen LogP contribution in [0.5, 0.6) is 0 Å². The quantitative estimate of drug-likeness (QED) is 0.782. The van der Waals surface area contributed by atoms with Gasteiger partial charge in [0, 0.05) is 5.69 Å². The molecular formula is C16H9N3O4. The molecule has 0 saturated heterocycles. The second kappa shape index (κ2) is 5.35. The fourth-order valence-corrected chi connectivity index (χ4v) is 2.22. The average Bonchev–Trinajstić information content (AvgIpc) is 2.79. The number of hydrogen-bond donors (Lipinski definition) is 0. The third-order valence-corrected chi connectivity index (χ3v) is 3.22. The van der Waals surface area contributed by atoms with Gasteiger partial charge in [-0.25, -0.2) is 9.78 Å². The molecule has 0 fully saturated rings. The standard InChI is InChI=1S/C16H9N3O4/c1-9-6-10(8-17)7-13(18-9)16(22)23-19-14(20)11-4-2-3-5-12(11)15(19)21/h2-7H,1H3. The number of carbonyl (C=O) groups excluding carboxylic acids is 3. The molecule has 2 aromatic rings. The van der Waals surface area contributed by atoms with Crippen LogP contribution in [0.15, 0.2) is 36.4 Å². The van der Waals surface area contributed by atoms with E-state index in [-0.39, 0.29) is 22.4 Å². The van der Waals surface area contributed by atoms with E-state index >= 15 is 0 Å². The van der Waals surface area contributed by atoms with E-state index in [1.807, 2.05) is 6.07 Å². The van der Waals surface area contributed by atoms with Crippen LogP contribution in [0.3, 0.4) is 0 Å². The van der Waals surface area contributed by atoms with Gasteiger partial charge in [-0.1, -0.05) is 17.2 Å². The van der Waals surface area contributed by atoms with Gasteiger partial charge in [0.2, 0.25) is 0 Å². The normalized spacial score (nSPS) is 12.8. The summed E-state index contributed by atoms with van der Waals surface area (Å²) in [5, 5.41) is 9.31. The van der Waals surface area contributed by atoms with Gasteiger partial charge in [-0.3, -0.25) is 9.59 Å². The number of pyridine rings is 1. The minimum Gasteiger partial charge on any atom is -0.323 e. The van der Waals surface area contributed by atoms with Crippen molar-refractivity contribution >= 4 is 17.8 Å². The predicted octanol–water partition coefficient (Wildman–Crippen LogP) is 1.63. The number of fused-ring (bicyclic) bond motifs is 1. The van der Waals surface area contributed by atoms with Crippen LogP contribution in [0.2, 0.25) is 0 Å². The smallest absolute Gasteiger partial charge is 0.323 e. The SMILES string of the molecule is Cc1cc(C#N)cc(C(=O)ON2C(=O)c3ccccc3C2=O)n1. The van der Waals surface area contributed by atoms with Gasteiger partial charge in [-0.15, -0.1) is 0 Å². The number of rotatable bonds is 2. The first-order valence-corrected chi connectivity index (χ1v) is 6.60. The summed E-state index contributed by atoms with van der Waals surface area (Å²) in [6, 6.07) is 10.8. The van der Waals surface area contributed by atoms with Crippen LogP contribution in [0.4, 0.5) is 0 Å². The summed E-state index contributed by atoms with van der Waals surface area (Å²) < 4.78 is 0. The molecule has 0 radical (unpaired) electrons. The Hall–Kier alpha value is -3.53. The second-order valence-corrected chi connectivity index (χ2v) is 4.82. The number of imide groups is 1. The molecule has 0 aliphatic carbocycles. The van der Waals surface area contributed by atoms with E-state index in [2.05, 4.69) is 4.98 Å². The van der Waals surface area contributed by atoms with Crippen LogP contribution >= 0.6 is 0 Å². The number of carbonyl (C=O) groups is 3. The lowest BCUT2D eigenvalue weighted by Gasteiger charge is -2.12. The summed E-state index contributed by atoms with van der Waals surface area (Å²) in [6.07, 6.45) is 0. The first kappa shape index (κ1) is 14.4. The summed E-state index contributed by atoms with van der Waals surface area (Å²) in [7, 11) is 0. The lowest BCUT2D eigenvalue weighted by molar-refractivity contribution is -0.0588. The van der Waals surface area contributed by atoms with Crippen LogP contribution < -0.4 is 0 Å². The summed E-state index contributed by atoms with van der Waals surface area (Å²) >= 11 is 0. The molecule has 2 heterocycles. The zero-order valence-corrected chi connectivity index (χ0v) is 11.9. The first-order chi connectivity index (χ1) is 11.0. The van der Waals surface area contributed by atoms with Crippen molar-refractivity contribution in [1.82, 2.24) is 10.0 Å². The van der Waals surface area contributed by atoms with Gasteiger partial charge >= 0.3 is 5.97 Å². The zero-order chi connectivity index (χ0) is 16.6. The molecule has 1 aromatic carbocycles. The molecule has 7 heteroatoms. The predicted molar refractivity (Wildman–Crippen MR) is 76.0 cm³/mol. The molecule has 0 bridgehead atoms. The van der Waals surface area contributed by atoms with Gasteiger partial charge in [-0.2, -0.15) is 5.26 Å². The average molecular weight is 307 g/mol. The molecule has 0 saturated carbocycles. The van der Waals surface area contributed by atoms with Gasteiger partial charge < -0.3 is 4.84 Å². The molecule has 0 atom stereocenters. The number of hydroxylamine groups is 2. The second-order valence-electron chi connectivity index (χ2n) is 4.82. The number of nitrogens with zero attached hydrogens (tertiary/aromatic N) is 3. The molecule has 112 valence electrons. The number of aromatic nitrogens is 1. The van der Waals surface area contributed by atoms with Crippen molar-refractivity contribution in [3.63, 3.8) is 0 Å². The van der Waals surface area contributed by atoms with E-state index in [0.29, 0.717) is 10.8 Å². The van der Waals surface area contributed by atoms with Gasteiger partial charge in [0.15, 0.2) is 5.69 Å². The fourth-order valence-electron chi connectivity index (χ4n) is 2.22. The van der Waals surface area contributed by atoms with E-state index in [9.17, 15) is 14.4 Å². The van der Waals surface area contributed by atoms with Gasteiger partial charge in [0.25, 0.3) is 11.8 Å². The number of benzene rings is 1. The van der Waals surface area contributed by atoms with Crippen LogP contribution in [0.1, 0.15) is 42.5 Å². The van der Waals surface area contributed by atoms with Crippen LogP contribution in [-0.2, 0) is 4.84 Å². The highest BCUT2D eigenvalue weighted by Crippen LogP contribution is 2.23. The van der Waals surface area contributed by atoms with Crippen molar-refractivity contribution in [1.29, 1.82) is 5.26 Å². The Morgan fingerprint density at radius 2 is 1.78 bits per heavy atom. The third kappa shape index (κ3) is 2.42. The van der Waals surface area contributed by atoms with Gasteiger partial charge in [0.1, 0.15) is 0 Å². The van der Waals surface area contributed by atoms with Gasteiger partial charge in [0.05, 0.1) is 22.8 Å². The van der Waals surface area contributed by atoms with Gasteiger partial charge in [-0.05, 0) is 31.2 Å². The molecule has 1 aliphatic rings. The van der Waals surface area contributed by atoms with E-state index in [1.165, 1.54) is 24.3 Å². The van der Waals surface area contributed by atoms with E-state index in [1.54, 1.807) is 19.1 Å². The molecule has 7 nitrogen and oxygen atoms in total. The minimum atomic E-state index is -0.986. The molecule has 23 heavy (non-hydrogen) atoms. The molecule has 0 N–H and O–H groups in total. The molecule has 0 unspecified atom stereocenters. The molecule has 0 spiro atoms. The number of aryl methyl sites for hydroxylation is 1. The highest BCUT2D eigenvalue weighted by molar-refractivity contribution is 6.21. The molecule has 1 aliphatic heterocycles. The minimum absolute atomic E-state index is 0.155. The Balaban J connectivity index is 1.88. The van der Waals surface area contributed by atoms with E-state index in [4.69, 9.17) is 10.1 Å². The highest BCUT2D eigenvalue weighted by Gasteiger charge is 2.39. The Labute approximate surface area is 130 Å².